The lowest BCUT2D eigenvalue weighted by atomic mass is 10.2. The normalized spacial score (nSPS) is 12.0. The number of benzene rings is 1. The molecule has 0 aliphatic carbocycles. The van der Waals surface area contributed by atoms with Gasteiger partial charge in [0.15, 0.2) is 11.5 Å². The minimum atomic E-state index is -0.0849. The van der Waals surface area contributed by atoms with Crippen molar-refractivity contribution in [2.75, 3.05) is 18.7 Å². The van der Waals surface area contributed by atoms with Crippen LogP contribution in [0.2, 0.25) is 0 Å². The van der Waals surface area contributed by atoms with Crippen molar-refractivity contribution in [2.24, 2.45) is 0 Å². The molecular formula is C18H21N3O3. The van der Waals surface area contributed by atoms with Crippen molar-refractivity contribution in [1.82, 2.24) is 10.3 Å². The first-order valence-corrected chi connectivity index (χ1v) is 8.13. The molecule has 0 saturated heterocycles. The summed E-state index contributed by atoms with van der Waals surface area (Å²) in [6.07, 6.45) is 3.62. The predicted octanol–water partition coefficient (Wildman–Crippen LogP) is 2.95. The van der Waals surface area contributed by atoms with Crippen LogP contribution in [-0.4, -0.2) is 24.2 Å². The summed E-state index contributed by atoms with van der Waals surface area (Å²) in [5.41, 5.74) is 1.64. The number of hydrogen-bond acceptors (Lipinski definition) is 5. The number of hydrogen-bond donors (Lipinski definition) is 2. The molecule has 2 heterocycles. The molecule has 6 heteroatoms. The van der Waals surface area contributed by atoms with Gasteiger partial charge in [0.2, 0.25) is 6.79 Å². The minimum absolute atomic E-state index is 0.0849. The number of carbonyl (C=O) groups excluding carboxylic acids is 1. The minimum Gasteiger partial charge on any atom is -0.454 e. The van der Waals surface area contributed by atoms with E-state index in [0.29, 0.717) is 18.7 Å². The van der Waals surface area contributed by atoms with Crippen LogP contribution in [0.4, 0.5) is 5.82 Å². The number of amides is 1. The van der Waals surface area contributed by atoms with E-state index in [9.17, 15) is 4.79 Å². The van der Waals surface area contributed by atoms with E-state index >= 15 is 0 Å². The largest absolute Gasteiger partial charge is 0.454 e. The lowest BCUT2D eigenvalue weighted by molar-refractivity contribution is 0.0953. The van der Waals surface area contributed by atoms with Gasteiger partial charge < -0.3 is 20.1 Å². The summed E-state index contributed by atoms with van der Waals surface area (Å²) >= 11 is 0. The quantitative estimate of drug-likeness (QED) is 0.765. The van der Waals surface area contributed by atoms with Crippen LogP contribution in [0.3, 0.4) is 0 Å². The van der Waals surface area contributed by atoms with Crippen LogP contribution < -0.4 is 20.1 Å². The Morgan fingerprint density at radius 2 is 2.08 bits per heavy atom. The van der Waals surface area contributed by atoms with Crippen molar-refractivity contribution in [3.63, 3.8) is 0 Å². The fourth-order valence-corrected chi connectivity index (χ4v) is 2.36. The second-order valence-electron chi connectivity index (χ2n) is 5.58. The van der Waals surface area contributed by atoms with Gasteiger partial charge in [-0.3, -0.25) is 4.79 Å². The molecule has 1 aromatic heterocycles. The van der Waals surface area contributed by atoms with Crippen molar-refractivity contribution in [1.29, 1.82) is 0 Å². The van der Waals surface area contributed by atoms with Crippen LogP contribution >= 0.6 is 0 Å². The van der Waals surface area contributed by atoms with Gasteiger partial charge >= 0.3 is 0 Å². The molecule has 2 N–H and O–H groups in total. The van der Waals surface area contributed by atoms with Crippen molar-refractivity contribution < 1.29 is 14.3 Å². The second-order valence-corrected chi connectivity index (χ2v) is 5.58. The Morgan fingerprint density at radius 1 is 1.21 bits per heavy atom. The summed E-state index contributed by atoms with van der Waals surface area (Å²) in [6, 6.07) is 9.41. The topological polar surface area (TPSA) is 72.5 Å². The lowest BCUT2D eigenvalue weighted by Gasteiger charge is -2.08. The molecule has 0 bridgehead atoms. The number of carbonyl (C=O) groups is 1. The number of unbranched alkanes of at least 4 members (excludes halogenated alkanes) is 1. The van der Waals surface area contributed by atoms with Gasteiger partial charge in [0.25, 0.3) is 5.91 Å². The third-order valence-electron chi connectivity index (χ3n) is 3.75. The predicted molar refractivity (Wildman–Crippen MR) is 91.4 cm³/mol. The molecule has 126 valence electrons. The molecule has 0 spiro atoms. The molecule has 0 atom stereocenters. The maximum Gasteiger partial charge on any atom is 0.252 e. The highest BCUT2D eigenvalue weighted by molar-refractivity contribution is 5.94. The van der Waals surface area contributed by atoms with E-state index in [-0.39, 0.29) is 12.7 Å². The number of anilines is 1. The Hall–Kier alpha value is -2.76. The highest BCUT2D eigenvalue weighted by atomic mass is 16.7. The number of ether oxygens (including phenoxy) is 2. The van der Waals surface area contributed by atoms with Gasteiger partial charge in [-0.05, 0) is 36.2 Å². The fourth-order valence-electron chi connectivity index (χ4n) is 2.36. The third-order valence-corrected chi connectivity index (χ3v) is 3.75. The van der Waals surface area contributed by atoms with E-state index in [0.717, 1.165) is 35.7 Å². The van der Waals surface area contributed by atoms with Gasteiger partial charge in [-0.1, -0.05) is 19.4 Å². The summed E-state index contributed by atoms with van der Waals surface area (Å²) in [7, 11) is 0. The number of aromatic nitrogens is 1. The van der Waals surface area contributed by atoms with Crippen molar-refractivity contribution >= 4 is 11.7 Å². The van der Waals surface area contributed by atoms with E-state index in [1.807, 2.05) is 24.3 Å². The maximum atomic E-state index is 11.9. The Morgan fingerprint density at radius 3 is 2.88 bits per heavy atom. The van der Waals surface area contributed by atoms with E-state index in [4.69, 9.17) is 9.47 Å². The van der Waals surface area contributed by atoms with Gasteiger partial charge in [0.05, 0.1) is 5.56 Å². The molecule has 0 fully saturated rings. The Bertz CT molecular complexity index is 701. The first-order valence-electron chi connectivity index (χ1n) is 8.13. The number of pyridine rings is 1. The van der Waals surface area contributed by atoms with Crippen LogP contribution in [0.15, 0.2) is 36.5 Å². The van der Waals surface area contributed by atoms with Crippen LogP contribution in [0.1, 0.15) is 35.7 Å². The highest BCUT2D eigenvalue weighted by Crippen LogP contribution is 2.32. The summed E-state index contributed by atoms with van der Waals surface area (Å²) in [5.74, 6) is 2.17. The molecule has 3 rings (SSSR count). The first kappa shape index (κ1) is 16.1. The highest BCUT2D eigenvalue weighted by Gasteiger charge is 2.13. The summed E-state index contributed by atoms with van der Waals surface area (Å²) in [4.78, 5) is 16.2. The Labute approximate surface area is 141 Å². The number of fused-ring (bicyclic) bond motifs is 1. The standard InChI is InChI=1S/C18H21N3O3/c1-2-3-8-19-18(22)14-5-7-17(21-11-14)20-10-13-4-6-15-16(9-13)24-12-23-15/h4-7,9,11H,2-3,8,10,12H2,1H3,(H,19,22)(H,20,21). The molecule has 0 saturated carbocycles. The number of nitrogens with one attached hydrogen (secondary N) is 2. The van der Waals surface area contributed by atoms with Gasteiger partial charge in [-0.25, -0.2) is 4.98 Å². The van der Waals surface area contributed by atoms with E-state index < -0.39 is 0 Å². The maximum absolute atomic E-state index is 11.9. The smallest absolute Gasteiger partial charge is 0.252 e. The molecule has 2 aromatic rings. The molecule has 24 heavy (non-hydrogen) atoms. The van der Waals surface area contributed by atoms with Crippen LogP contribution in [0, 0.1) is 0 Å². The van der Waals surface area contributed by atoms with Crippen LogP contribution in [0.25, 0.3) is 0 Å². The summed E-state index contributed by atoms with van der Waals surface area (Å²) in [6.45, 7) is 3.68. The Kier molecular flexibility index (Phi) is 5.15. The Balaban J connectivity index is 1.53. The number of nitrogens with zero attached hydrogens (tertiary/aromatic N) is 1. The van der Waals surface area contributed by atoms with Crippen LogP contribution in [-0.2, 0) is 6.54 Å². The zero-order valence-corrected chi connectivity index (χ0v) is 13.7. The van der Waals surface area contributed by atoms with Gasteiger partial charge in [-0.15, -0.1) is 0 Å². The van der Waals surface area contributed by atoms with Crippen LogP contribution in [0.5, 0.6) is 11.5 Å². The molecule has 1 aromatic carbocycles. The average Bonchev–Trinajstić information content (AvgIpc) is 3.08. The molecular weight excluding hydrogens is 306 g/mol. The van der Waals surface area contributed by atoms with E-state index in [1.54, 1.807) is 12.3 Å². The van der Waals surface area contributed by atoms with Crippen molar-refractivity contribution in [2.45, 2.75) is 26.3 Å². The van der Waals surface area contributed by atoms with Gasteiger partial charge in [0, 0.05) is 19.3 Å². The molecule has 1 amide bonds. The number of rotatable bonds is 7. The van der Waals surface area contributed by atoms with E-state index in [2.05, 4.69) is 22.5 Å². The van der Waals surface area contributed by atoms with Crippen molar-refractivity contribution in [3.8, 4) is 11.5 Å². The van der Waals surface area contributed by atoms with Crippen molar-refractivity contribution in [3.05, 3.63) is 47.7 Å². The molecule has 6 nitrogen and oxygen atoms in total. The first-order chi connectivity index (χ1) is 11.8. The zero-order valence-electron chi connectivity index (χ0n) is 13.7. The molecule has 0 unspecified atom stereocenters. The fraction of sp³-hybridized carbons (Fsp3) is 0.333. The molecule has 1 aliphatic heterocycles. The second kappa shape index (κ2) is 7.68. The SMILES string of the molecule is CCCCNC(=O)c1ccc(NCc2ccc3c(c2)OCO3)nc1. The summed E-state index contributed by atoms with van der Waals surface area (Å²) < 4.78 is 10.7. The summed E-state index contributed by atoms with van der Waals surface area (Å²) in [5, 5.41) is 6.11. The van der Waals surface area contributed by atoms with Gasteiger partial charge in [-0.2, -0.15) is 0 Å². The van der Waals surface area contributed by atoms with Gasteiger partial charge in [0.1, 0.15) is 5.82 Å². The average molecular weight is 327 g/mol. The lowest BCUT2D eigenvalue weighted by Crippen LogP contribution is -2.24. The van der Waals surface area contributed by atoms with E-state index in [1.165, 1.54) is 0 Å². The molecule has 0 radical (unpaired) electrons. The third kappa shape index (κ3) is 3.95. The molecule has 1 aliphatic rings. The zero-order chi connectivity index (χ0) is 16.8. The monoisotopic (exact) mass is 327 g/mol.